The second-order valence-corrected chi connectivity index (χ2v) is 3.16. The van der Waals surface area contributed by atoms with E-state index >= 15 is 0 Å². The van der Waals surface area contributed by atoms with Crippen LogP contribution in [-0.2, 0) is 0 Å². The molecule has 0 spiro atoms. The molecule has 0 unspecified atom stereocenters. The van der Waals surface area contributed by atoms with Gasteiger partial charge in [0.1, 0.15) is 0 Å². The fraction of sp³-hybridized carbons (Fsp3) is 0.200. The number of benzene rings is 1. The van der Waals surface area contributed by atoms with E-state index in [0.29, 0.717) is 0 Å². The first-order chi connectivity index (χ1) is 5.75. The molecule has 1 aromatic carbocycles. The van der Waals surface area contributed by atoms with Crippen LogP contribution in [0.4, 0.5) is 5.69 Å². The first-order valence-corrected chi connectivity index (χ1v) is 4.49. The maximum atomic E-state index is 3.84. The molecule has 1 rings (SSSR count). The highest BCUT2D eigenvalue weighted by Gasteiger charge is 1.98. The molecule has 0 fully saturated rings. The van der Waals surface area contributed by atoms with Crippen molar-refractivity contribution in [3.63, 3.8) is 0 Å². The highest BCUT2D eigenvalue weighted by molar-refractivity contribution is 6.42. The lowest BCUT2D eigenvalue weighted by Gasteiger charge is -2.09. The summed E-state index contributed by atoms with van der Waals surface area (Å²) in [4.78, 5) is 0. The minimum atomic E-state index is 0.909. The van der Waals surface area contributed by atoms with Crippen molar-refractivity contribution in [2.75, 3.05) is 11.9 Å². The molecule has 12 heavy (non-hydrogen) atoms. The molecule has 0 bridgehead atoms. The van der Waals surface area contributed by atoms with Crippen LogP contribution in [0.3, 0.4) is 0 Å². The molecule has 61 valence electrons. The minimum Gasteiger partial charge on any atom is -0.385 e. The summed E-state index contributed by atoms with van der Waals surface area (Å²) in [5, 5.41) is 4.17. The van der Waals surface area contributed by atoms with Crippen molar-refractivity contribution in [1.82, 2.24) is 0 Å². The average molecular weight is 174 g/mol. The molecule has 1 N–H and O–H groups in total. The Labute approximate surface area is 76.9 Å². The summed E-state index contributed by atoms with van der Waals surface area (Å²) < 4.78 is 0. The molecule has 0 saturated heterocycles. The van der Waals surface area contributed by atoms with Crippen LogP contribution >= 0.6 is 0 Å². The standard InChI is InChI=1S/C10H12NSi/c1-3-11-10-7-5-4-6-9(10)8(2)12/h4-7,11H,2-3H2,1H3. The van der Waals surface area contributed by atoms with Gasteiger partial charge in [-0.05, 0) is 18.6 Å². The van der Waals surface area contributed by atoms with Gasteiger partial charge in [0, 0.05) is 12.2 Å². The summed E-state index contributed by atoms with van der Waals surface area (Å²) in [6.07, 6.45) is 0. The summed E-state index contributed by atoms with van der Waals surface area (Å²) in [5.74, 6) is 0. The average Bonchev–Trinajstić information content (AvgIpc) is 2.05. The Morgan fingerprint density at radius 1 is 1.50 bits per heavy atom. The molecule has 0 heterocycles. The molecule has 0 aliphatic heterocycles. The van der Waals surface area contributed by atoms with E-state index in [4.69, 9.17) is 0 Å². The fourth-order valence-corrected chi connectivity index (χ4v) is 1.31. The van der Waals surface area contributed by atoms with Gasteiger partial charge in [-0.15, -0.1) is 0 Å². The van der Waals surface area contributed by atoms with E-state index in [0.717, 1.165) is 23.0 Å². The van der Waals surface area contributed by atoms with Crippen LogP contribution in [0.5, 0.6) is 0 Å². The molecule has 1 aromatic rings. The third kappa shape index (κ3) is 1.98. The molecule has 0 aliphatic carbocycles. The van der Waals surface area contributed by atoms with Crippen LogP contribution in [0.1, 0.15) is 12.5 Å². The van der Waals surface area contributed by atoms with E-state index in [-0.39, 0.29) is 0 Å². The lowest BCUT2D eigenvalue weighted by Crippen LogP contribution is -1.99. The third-order valence-corrected chi connectivity index (χ3v) is 1.89. The maximum Gasteiger partial charge on any atom is 0.0712 e. The highest BCUT2D eigenvalue weighted by Crippen LogP contribution is 2.19. The Hall–Kier alpha value is -1.02. The normalized spacial score (nSPS) is 9.50. The Bertz CT molecular complexity index is 281. The number of rotatable bonds is 3. The molecular formula is C10H12NSi. The first-order valence-electron chi connectivity index (χ1n) is 3.99. The molecular weight excluding hydrogens is 162 g/mol. The van der Waals surface area contributed by atoms with Crippen molar-refractivity contribution >= 4 is 21.1 Å². The maximum absolute atomic E-state index is 3.84. The SMILES string of the molecule is C=C([Si])c1ccccc1NCC. The molecule has 0 aromatic heterocycles. The summed E-state index contributed by atoms with van der Waals surface area (Å²) in [5.41, 5.74) is 2.25. The van der Waals surface area contributed by atoms with E-state index in [1.54, 1.807) is 0 Å². The Balaban J connectivity index is 3.00. The number of anilines is 1. The zero-order chi connectivity index (χ0) is 8.97. The van der Waals surface area contributed by atoms with Crippen LogP contribution in [0.15, 0.2) is 30.8 Å². The van der Waals surface area contributed by atoms with Gasteiger partial charge in [-0.3, -0.25) is 0 Å². The molecule has 2 heteroatoms. The predicted octanol–water partition coefficient (Wildman–Crippen LogP) is 2.26. The van der Waals surface area contributed by atoms with Gasteiger partial charge < -0.3 is 5.32 Å². The lowest BCUT2D eigenvalue weighted by atomic mass is 10.2. The third-order valence-electron chi connectivity index (χ3n) is 1.62. The molecule has 0 saturated carbocycles. The summed E-state index contributed by atoms with van der Waals surface area (Å²) >= 11 is 0. The Morgan fingerprint density at radius 2 is 2.17 bits per heavy atom. The molecule has 1 nitrogen and oxygen atoms in total. The predicted molar refractivity (Wildman–Crippen MR) is 55.4 cm³/mol. The number of hydrogen-bond acceptors (Lipinski definition) is 1. The minimum absolute atomic E-state index is 0.909. The van der Waals surface area contributed by atoms with Crippen molar-refractivity contribution in [3.8, 4) is 0 Å². The van der Waals surface area contributed by atoms with Gasteiger partial charge >= 0.3 is 0 Å². The quantitative estimate of drug-likeness (QED) is 0.693. The summed E-state index contributed by atoms with van der Waals surface area (Å²) in [6, 6.07) is 8.09. The second-order valence-electron chi connectivity index (χ2n) is 2.55. The van der Waals surface area contributed by atoms with E-state index < -0.39 is 0 Å². The molecule has 0 atom stereocenters. The Kier molecular flexibility index (Phi) is 3.11. The van der Waals surface area contributed by atoms with Gasteiger partial charge in [-0.2, -0.15) is 0 Å². The zero-order valence-corrected chi connectivity index (χ0v) is 8.22. The fourth-order valence-electron chi connectivity index (χ4n) is 1.09. The van der Waals surface area contributed by atoms with Gasteiger partial charge in [-0.1, -0.05) is 30.0 Å². The topological polar surface area (TPSA) is 12.0 Å². The van der Waals surface area contributed by atoms with E-state index in [9.17, 15) is 0 Å². The van der Waals surface area contributed by atoms with Crippen molar-refractivity contribution < 1.29 is 0 Å². The van der Waals surface area contributed by atoms with E-state index in [1.165, 1.54) is 0 Å². The highest BCUT2D eigenvalue weighted by atomic mass is 28.1. The zero-order valence-electron chi connectivity index (χ0n) is 7.22. The van der Waals surface area contributed by atoms with Gasteiger partial charge in [0.15, 0.2) is 0 Å². The van der Waals surface area contributed by atoms with Crippen molar-refractivity contribution in [2.24, 2.45) is 0 Å². The van der Waals surface area contributed by atoms with Crippen molar-refractivity contribution in [1.29, 1.82) is 0 Å². The van der Waals surface area contributed by atoms with Crippen molar-refractivity contribution in [2.45, 2.75) is 6.92 Å². The van der Waals surface area contributed by atoms with Crippen LogP contribution in [-0.4, -0.2) is 16.8 Å². The second kappa shape index (κ2) is 4.12. The number of para-hydroxylation sites is 1. The van der Waals surface area contributed by atoms with Crippen LogP contribution in [0.25, 0.3) is 5.20 Å². The van der Waals surface area contributed by atoms with Gasteiger partial charge in [-0.25, -0.2) is 0 Å². The molecule has 3 radical (unpaired) electrons. The van der Waals surface area contributed by atoms with Crippen LogP contribution in [0.2, 0.25) is 0 Å². The van der Waals surface area contributed by atoms with Gasteiger partial charge in [0.25, 0.3) is 0 Å². The van der Waals surface area contributed by atoms with E-state index in [1.807, 2.05) is 24.3 Å². The molecule has 0 aliphatic rings. The largest absolute Gasteiger partial charge is 0.385 e. The Morgan fingerprint density at radius 3 is 2.75 bits per heavy atom. The van der Waals surface area contributed by atoms with Crippen molar-refractivity contribution in [3.05, 3.63) is 36.4 Å². The lowest BCUT2D eigenvalue weighted by molar-refractivity contribution is 1.21. The smallest absolute Gasteiger partial charge is 0.0712 e. The van der Waals surface area contributed by atoms with Crippen LogP contribution < -0.4 is 5.32 Å². The first kappa shape index (κ1) is 9.07. The molecule has 0 amide bonds. The van der Waals surface area contributed by atoms with E-state index in [2.05, 4.69) is 29.1 Å². The summed E-state index contributed by atoms with van der Waals surface area (Å²) in [6.45, 7) is 6.85. The van der Waals surface area contributed by atoms with Crippen LogP contribution in [0, 0.1) is 0 Å². The number of nitrogens with one attached hydrogen (secondary N) is 1. The number of hydrogen-bond donors (Lipinski definition) is 1. The monoisotopic (exact) mass is 174 g/mol. The van der Waals surface area contributed by atoms with Gasteiger partial charge in [0.05, 0.1) is 10.2 Å². The summed E-state index contributed by atoms with van der Waals surface area (Å²) in [7, 11) is 3.42. The van der Waals surface area contributed by atoms with Gasteiger partial charge in [0.2, 0.25) is 0 Å².